The second-order valence-corrected chi connectivity index (χ2v) is 7.79. The summed E-state index contributed by atoms with van der Waals surface area (Å²) in [5.41, 5.74) is 7.20. The lowest BCUT2D eigenvalue weighted by Crippen LogP contribution is -2.29. The van der Waals surface area contributed by atoms with E-state index in [1.54, 1.807) is 0 Å². The molecular weight excluding hydrogens is 364 g/mol. The fraction of sp³-hybridized carbons (Fsp3) is 0.304. The van der Waals surface area contributed by atoms with Gasteiger partial charge in [-0.25, -0.2) is 0 Å². The minimum absolute atomic E-state index is 0.000749. The number of nitrogens with one attached hydrogen (secondary N) is 1. The van der Waals surface area contributed by atoms with Crippen molar-refractivity contribution in [2.45, 2.75) is 46.3 Å². The molecule has 4 nitrogen and oxygen atoms in total. The van der Waals surface area contributed by atoms with Crippen molar-refractivity contribution in [2.75, 3.05) is 4.90 Å². The largest absolute Gasteiger partial charge is 0.351 e. The Labute approximate surface area is 172 Å². The first-order chi connectivity index (χ1) is 13.5. The van der Waals surface area contributed by atoms with Gasteiger partial charge in [0.15, 0.2) is 5.11 Å². The van der Waals surface area contributed by atoms with Crippen LogP contribution in [0.1, 0.15) is 47.2 Å². The fourth-order valence-corrected chi connectivity index (χ4v) is 4.61. The molecule has 1 aromatic carbocycles. The Morgan fingerprint density at radius 3 is 2.43 bits per heavy atom. The van der Waals surface area contributed by atoms with Gasteiger partial charge in [0, 0.05) is 29.8 Å². The Morgan fingerprint density at radius 1 is 1.07 bits per heavy atom. The summed E-state index contributed by atoms with van der Waals surface area (Å²) in [4.78, 5) is 6.88. The number of hydrogen-bond donors (Lipinski definition) is 1. The summed E-state index contributed by atoms with van der Waals surface area (Å²) in [7, 11) is 0. The SMILES string of the molecule is CCn1c(C)cc([C@@H]2[C@@H](c3ccccn3)NC(=S)N2c2ccc(C)cc2)c1C. The number of nitrogens with zero attached hydrogens (tertiary/aromatic N) is 3. The van der Waals surface area contributed by atoms with Gasteiger partial charge in [-0.05, 0) is 75.8 Å². The second kappa shape index (κ2) is 7.40. The molecule has 0 aliphatic carbocycles. The molecule has 0 bridgehead atoms. The molecule has 5 heteroatoms. The van der Waals surface area contributed by atoms with Crippen molar-refractivity contribution in [1.29, 1.82) is 0 Å². The summed E-state index contributed by atoms with van der Waals surface area (Å²) < 4.78 is 2.36. The van der Waals surface area contributed by atoms with E-state index >= 15 is 0 Å². The lowest BCUT2D eigenvalue weighted by molar-refractivity contribution is 0.563. The van der Waals surface area contributed by atoms with Gasteiger partial charge >= 0.3 is 0 Å². The monoisotopic (exact) mass is 390 g/mol. The van der Waals surface area contributed by atoms with Crippen LogP contribution in [0.4, 0.5) is 5.69 Å². The van der Waals surface area contributed by atoms with Crippen molar-refractivity contribution in [3.8, 4) is 0 Å². The highest BCUT2D eigenvalue weighted by Gasteiger charge is 2.42. The number of aryl methyl sites for hydroxylation is 2. The molecule has 0 radical (unpaired) electrons. The van der Waals surface area contributed by atoms with Crippen molar-refractivity contribution in [3.05, 3.63) is 82.9 Å². The summed E-state index contributed by atoms with van der Waals surface area (Å²) in [6.07, 6.45) is 1.85. The van der Waals surface area contributed by atoms with Crippen LogP contribution in [0.15, 0.2) is 54.7 Å². The molecule has 2 aromatic heterocycles. The normalized spacial score (nSPS) is 19.1. The lowest BCUT2D eigenvalue weighted by atomic mass is 9.96. The summed E-state index contributed by atoms with van der Waals surface area (Å²) in [6.45, 7) is 9.63. The zero-order valence-corrected chi connectivity index (χ0v) is 17.6. The molecule has 2 atom stereocenters. The number of rotatable bonds is 4. The van der Waals surface area contributed by atoms with Crippen molar-refractivity contribution in [3.63, 3.8) is 0 Å². The van der Waals surface area contributed by atoms with Crippen LogP contribution >= 0.6 is 12.2 Å². The summed E-state index contributed by atoms with van der Waals surface area (Å²) >= 11 is 5.80. The van der Waals surface area contributed by atoms with E-state index in [0.717, 1.165) is 23.0 Å². The van der Waals surface area contributed by atoms with Gasteiger partial charge < -0.3 is 14.8 Å². The van der Waals surface area contributed by atoms with Crippen molar-refractivity contribution >= 4 is 23.0 Å². The fourth-order valence-electron chi connectivity index (χ4n) is 4.27. The predicted molar refractivity (Wildman–Crippen MR) is 119 cm³/mol. The molecule has 0 spiro atoms. The Bertz CT molecular complexity index is 991. The number of aromatic nitrogens is 2. The third kappa shape index (κ3) is 3.10. The zero-order chi connectivity index (χ0) is 19.8. The average Bonchev–Trinajstić information content (AvgIpc) is 3.18. The van der Waals surface area contributed by atoms with Gasteiger partial charge in [-0.2, -0.15) is 0 Å². The van der Waals surface area contributed by atoms with Crippen molar-refractivity contribution in [2.24, 2.45) is 0 Å². The minimum atomic E-state index is 0.000749. The first-order valence-corrected chi connectivity index (χ1v) is 10.2. The highest BCUT2D eigenvalue weighted by molar-refractivity contribution is 7.80. The van der Waals surface area contributed by atoms with Crippen LogP contribution in [0.3, 0.4) is 0 Å². The molecule has 1 saturated heterocycles. The number of pyridine rings is 1. The highest BCUT2D eigenvalue weighted by Crippen LogP contribution is 2.43. The number of anilines is 1. The Balaban J connectivity index is 1.88. The topological polar surface area (TPSA) is 33.1 Å². The molecule has 0 unspecified atom stereocenters. The minimum Gasteiger partial charge on any atom is -0.351 e. The second-order valence-electron chi connectivity index (χ2n) is 7.40. The third-order valence-electron chi connectivity index (χ3n) is 5.66. The van der Waals surface area contributed by atoms with Gasteiger partial charge in [0.1, 0.15) is 0 Å². The van der Waals surface area contributed by atoms with Gasteiger partial charge in [0.05, 0.1) is 17.8 Å². The smallest absolute Gasteiger partial charge is 0.174 e. The number of benzene rings is 1. The van der Waals surface area contributed by atoms with Crippen LogP contribution in [-0.4, -0.2) is 14.7 Å². The van der Waals surface area contributed by atoms with E-state index in [1.807, 2.05) is 18.3 Å². The van der Waals surface area contributed by atoms with E-state index < -0.39 is 0 Å². The molecule has 28 heavy (non-hydrogen) atoms. The maximum absolute atomic E-state index is 5.80. The van der Waals surface area contributed by atoms with Gasteiger partial charge in [0.25, 0.3) is 0 Å². The van der Waals surface area contributed by atoms with E-state index in [-0.39, 0.29) is 12.1 Å². The predicted octanol–water partition coefficient (Wildman–Crippen LogP) is 5.01. The maximum atomic E-state index is 5.80. The molecule has 1 aliphatic rings. The van der Waals surface area contributed by atoms with Gasteiger partial charge in [-0.15, -0.1) is 0 Å². The Kier molecular flexibility index (Phi) is 4.94. The van der Waals surface area contributed by atoms with Crippen molar-refractivity contribution < 1.29 is 0 Å². The first kappa shape index (κ1) is 18.7. The van der Waals surface area contributed by atoms with Gasteiger partial charge in [0.2, 0.25) is 0 Å². The van der Waals surface area contributed by atoms with Crippen molar-refractivity contribution in [1.82, 2.24) is 14.9 Å². The molecule has 0 saturated carbocycles. The zero-order valence-electron chi connectivity index (χ0n) is 16.8. The highest BCUT2D eigenvalue weighted by atomic mass is 32.1. The molecule has 4 rings (SSSR count). The molecular formula is C23H26N4S. The first-order valence-electron chi connectivity index (χ1n) is 9.75. The maximum Gasteiger partial charge on any atom is 0.174 e. The van der Waals surface area contributed by atoms with Crippen LogP contribution in [0.5, 0.6) is 0 Å². The van der Waals surface area contributed by atoms with Crippen LogP contribution in [-0.2, 0) is 6.54 Å². The number of thiocarbonyl (C=S) groups is 1. The molecule has 144 valence electrons. The summed E-state index contributed by atoms with van der Waals surface area (Å²) in [5, 5.41) is 4.28. The van der Waals surface area contributed by atoms with Gasteiger partial charge in [-0.1, -0.05) is 23.8 Å². The van der Waals surface area contributed by atoms with E-state index in [9.17, 15) is 0 Å². The molecule has 0 amide bonds. The molecule has 3 heterocycles. The lowest BCUT2D eigenvalue weighted by Gasteiger charge is -2.28. The Morgan fingerprint density at radius 2 is 1.82 bits per heavy atom. The molecule has 1 aliphatic heterocycles. The summed E-state index contributed by atoms with van der Waals surface area (Å²) in [5.74, 6) is 0. The standard InChI is InChI=1S/C23H26N4S/c1-5-26-16(3)14-19(17(26)4)22-21(20-8-6-7-13-24-20)25-23(28)27(22)18-11-9-15(2)10-12-18/h6-14,21-22H,5H2,1-4H3,(H,25,28)/t21-,22-/m1/s1. The van der Waals surface area contributed by atoms with Crippen LogP contribution in [0, 0.1) is 20.8 Å². The molecule has 1 fully saturated rings. The van der Waals surface area contributed by atoms with E-state index in [1.165, 1.54) is 22.5 Å². The van der Waals surface area contributed by atoms with E-state index in [4.69, 9.17) is 12.2 Å². The molecule has 3 aromatic rings. The summed E-state index contributed by atoms with van der Waals surface area (Å²) in [6, 6.07) is 17.0. The molecule has 1 N–H and O–H groups in total. The van der Waals surface area contributed by atoms with Crippen LogP contribution in [0.25, 0.3) is 0 Å². The third-order valence-corrected chi connectivity index (χ3v) is 5.97. The average molecular weight is 391 g/mol. The van der Waals surface area contributed by atoms with E-state index in [0.29, 0.717) is 0 Å². The van der Waals surface area contributed by atoms with Crippen LogP contribution < -0.4 is 10.2 Å². The van der Waals surface area contributed by atoms with Gasteiger partial charge in [-0.3, -0.25) is 4.98 Å². The van der Waals surface area contributed by atoms with Crippen LogP contribution in [0.2, 0.25) is 0 Å². The quantitative estimate of drug-likeness (QED) is 0.635. The Hall–Kier alpha value is -2.66. The number of hydrogen-bond acceptors (Lipinski definition) is 2. The van der Waals surface area contributed by atoms with E-state index in [2.05, 4.69) is 83.9 Å².